The smallest absolute Gasteiger partial charge is 0.237 e. The number of hydrogen-bond acceptors (Lipinski definition) is 4. The van der Waals surface area contributed by atoms with E-state index in [1.807, 2.05) is 31.2 Å². The summed E-state index contributed by atoms with van der Waals surface area (Å²) in [6, 6.07) is 6.98. The van der Waals surface area contributed by atoms with Crippen molar-refractivity contribution in [3.05, 3.63) is 29.8 Å². The van der Waals surface area contributed by atoms with Crippen LogP contribution in [-0.4, -0.2) is 31.1 Å². The van der Waals surface area contributed by atoms with Crippen LogP contribution in [0.3, 0.4) is 0 Å². The fraction of sp³-hybridized carbons (Fsp3) is 0.556. The number of ether oxygens (including phenoxy) is 1. The molecule has 1 aliphatic heterocycles. The molecule has 0 aliphatic carbocycles. The third-order valence-electron chi connectivity index (χ3n) is 4.26. The second kappa shape index (κ2) is 9.39. The number of amides is 2. The van der Waals surface area contributed by atoms with E-state index in [-0.39, 0.29) is 17.7 Å². The highest BCUT2D eigenvalue weighted by molar-refractivity contribution is 5.90. The molecule has 0 aromatic heterocycles. The Morgan fingerprint density at radius 2 is 1.92 bits per heavy atom. The number of carbonyl (C=O) groups is 2. The normalized spacial score (nSPS) is 16.4. The van der Waals surface area contributed by atoms with Crippen LogP contribution in [0.25, 0.3) is 0 Å². The topological polar surface area (TPSA) is 93.5 Å². The molecule has 0 bridgehead atoms. The first kappa shape index (κ1) is 18.4. The average Bonchev–Trinajstić information content (AvgIpc) is 2.61. The molecule has 0 radical (unpaired) electrons. The van der Waals surface area contributed by atoms with Crippen LogP contribution in [0.1, 0.15) is 38.2 Å². The molecule has 0 saturated carbocycles. The van der Waals surface area contributed by atoms with Crippen LogP contribution in [0, 0.1) is 5.92 Å². The Morgan fingerprint density at radius 3 is 2.54 bits per heavy atom. The lowest BCUT2D eigenvalue weighted by Gasteiger charge is -2.26. The van der Waals surface area contributed by atoms with Crippen LogP contribution in [0.4, 0.5) is 5.69 Å². The van der Waals surface area contributed by atoms with E-state index in [1.54, 1.807) is 0 Å². The van der Waals surface area contributed by atoms with E-state index < -0.39 is 6.04 Å². The Balaban J connectivity index is 1.78. The second-order valence-corrected chi connectivity index (χ2v) is 6.19. The van der Waals surface area contributed by atoms with E-state index in [9.17, 15) is 9.59 Å². The van der Waals surface area contributed by atoms with Gasteiger partial charge in [0.25, 0.3) is 0 Å². The van der Waals surface area contributed by atoms with E-state index in [0.29, 0.717) is 26.2 Å². The van der Waals surface area contributed by atoms with Crippen molar-refractivity contribution in [3.8, 4) is 0 Å². The third kappa shape index (κ3) is 5.62. The fourth-order valence-electron chi connectivity index (χ4n) is 2.75. The second-order valence-electron chi connectivity index (χ2n) is 6.19. The maximum Gasteiger partial charge on any atom is 0.237 e. The lowest BCUT2D eigenvalue weighted by atomic mass is 9.92. The van der Waals surface area contributed by atoms with Crippen LogP contribution in [0.15, 0.2) is 24.3 Å². The molecule has 6 heteroatoms. The number of benzene rings is 1. The molecule has 0 spiro atoms. The Labute approximate surface area is 143 Å². The molecule has 1 aromatic carbocycles. The highest BCUT2D eigenvalue weighted by Crippen LogP contribution is 2.18. The molecule has 1 saturated heterocycles. The number of carbonyl (C=O) groups excluding carboxylic acids is 2. The highest BCUT2D eigenvalue weighted by Gasteiger charge is 2.26. The molecule has 1 atom stereocenters. The van der Waals surface area contributed by atoms with Gasteiger partial charge < -0.3 is 21.1 Å². The van der Waals surface area contributed by atoms with Crippen molar-refractivity contribution >= 4 is 17.5 Å². The van der Waals surface area contributed by atoms with Gasteiger partial charge in [0.05, 0.1) is 6.04 Å². The van der Waals surface area contributed by atoms with E-state index in [0.717, 1.165) is 30.5 Å². The number of nitrogens with two attached hydrogens (primary N) is 1. The SMILES string of the molecule is CCCC(=O)Nc1ccc(CNC(=O)C(N)C2CCOCC2)cc1. The Hall–Kier alpha value is -1.92. The Bertz CT molecular complexity index is 539. The maximum atomic E-state index is 12.2. The standard InChI is InChI=1S/C18H27N3O3/c1-2-3-16(22)21-15-6-4-13(5-7-15)12-20-18(23)17(19)14-8-10-24-11-9-14/h4-7,14,17H,2-3,8-12,19H2,1H3,(H,20,23)(H,21,22). The van der Waals surface area contributed by atoms with Gasteiger partial charge in [0.15, 0.2) is 0 Å². The van der Waals surface area contributed by atoms with Crippen molar-refractivity contribution in [1.82, 2.24) is 5.32 Å². The van der Waals surface area contributed by atoms with Gasteiger partial charge in [0, 0.05) is 31.9 Å². The Morgan fingerprint density at radius 1 is 1.25 bits per heavy atom. The minimum atomic E-state index is -0.485. The molecule has 1 aliphatic rings. The minimum absolute atomic E-state index is 0.0148. The summed E-state index contributed by atoms with van der Waals surface area (Å²) in [4.78, 5) is 23.7. The first-order valence-corrected chi connectivity index (χ1v) is 8.60. The van der Waals surface area contributed by atoms with Gasteiger partial charge in [-0.3, -0.25) is 9.59 Å². The zero-order chi connectivity index (χ0) is 17.4. The van der Waals surface area contributed by atoms with E-state index in [2.05, 4.69) is 10.6 Å². The number of rotatable bonds is 7. The first-order chi connectivity index (χ1) is 11.6. The fourth-order valence-corrected chi connectivity index (χ4v) is 2.75. The third-order valence-corrected chi connectivity index (χ3v) is 4.26. The summed E-state index contributed by atoms with van der Waals surface area (Å²) in [5, 5.41) is 5.72. The number of hydrogen-bond donors (Lipinski definition) is 3. The summed E-state index contributed by atoms with van der Waals surface area (Å²) < 4.78 is 5.30. The molecule has 2 rings (SSSR count). The van der Waals surface area contributed by atoms with Crippen LogP contribution in [0.5, 0.6) is 0 Å². The molecule has 24 heavy (non-hydrogen) atoms. The molecule has 1 fully saturated rings. The molecular formula is C18H27N3O3. The zero-order valence-corrected chi connectivity index (χ0v) is 14.2. The molecule has 1 heterocycles. The minimum Gasteiger partial charge on any atom is -0.381 e. The highest BCUT2D eigenvalue weighted by atomic mass is 16.5. The van der Waals surface area contributed by atoms with E-state index in [1.165, 1.54) is 0 Å². The predicted octanol–water partition coefficient (Wildman–Crippen LogP) is 1.80. The van der Waals surface area contributed by atoms with Crippen molar-refractivity contribution in [2.45, 2.75) is 45.2 Å². The Kier molecular flexibility index (Phi) is 7.21. The van der Waals surface area contributed by atoms with Gasteiger partial charge in [-0.05, 0) is 42.9 Å². The van der Waals surface area contributed by atoms with Gasteiger partial charge in [-0.1, -0.05) is 19.1 Å². The van der Waals surface area contributed by atoms with Gasteiger partial charge in [-0.2, -0.15) is 0 Å². The molecule has 4 N–H and O–H groups in total. The lowest BCUT2D eigenvalue weighted by Crippen LogP contribution is -2.46. The largest absolute Gasteiger partial charge is 0.381 e. The molecule has 132 valence electrons. The summed E-state index contributed by atoms with van der Waals surface area (Å²) in [6.45, 7) is 3.75. The van der Waals surface area contributed by atoms with Gasteiger partial charge >= 0.3 is 0 Å². The van der Waals surface area contributed by atoms with Gasteiger partial charge in [-0.25, -0.2) is 0 Å². The van der Waals surface area contributed by atoms with Crippen molar-refractivity contribution in [1.29, 1.82) is 0 Å². The molecule has 6 nitrogen and oxygen atoms in total. The van der Waals surface area contributed by atoms with Crippen LogP contribution in [0.2, 0.25) is 0 Å². The molecular weight excluding hydrogens is 306 g/mol. The van der Waals surface area contributed by atoms with E-state index in [4.69, 9.17) is 10.5 Å². The molecule has 2 amide bonds. The van der Waals surface area contributed by atoms with Crippen molar-refractivity contribution < 1.29 is 14.3 Å². The zero-order valence-electron chi connectivity index (χ0n) is 14.2. The summed E-state index contributed by atoms with van der Waals surface area (Å²) >= 11 is 0. The lowest BCUT2D eigenvalue weighted by molar-refractivity contribution is -0.124. The summed E-state index contributed by atoms with van der Waals surface area (Å²) in [5.41, 5.74) is 7.78. The molecule has 1 unspecified atom stereocenters. The van der Waals surface area contributed by atoms with Crippen molar-refractivity contribution in [3.63, 3.8) is 0 Å². The summed E-state index contributed by atoms with van der Waals surface area (Å²) in [7, 11) is 0. The van der Waals surface area contributed by atoms with E-state index >= 15 is 0 Å². The summed E-state index contributed by atoms with van der Waals surface area (Å²) in [6.07, 6.45) is 3.01. The predicted molar refractivity (Wildman–Crippen MR) is 93.3 cm³/mol. The van der Waals surface area contributed by atoms with Crippen molar-refractivity contribution in [2.24, 2.45) is 11.7 Å². The van der Waals surface area contributed by atoms with Gasteiger partial charge in [0.2, 0.25) is 11.8 Å². The maximum absolute atomic E-state index is 12.2. The number of anilines is 1. The monoisotopic (exact) mass is 333 g/mol. The van der Waals surface area contributed by atoms with Gasteiger partial charge in [-0.15, -0.1) is 0 Å². The first-order valence-electron chi connectivity index (χ1n) is 8.60. The van der Waals surface area contributed by atoms with Crippen LogP contribution < -0.4 is 16.4 Å². The number of nitrogens with one attached hydrogen (secondary N) is 2. The quantitative estimate of drug-likeness (QED) is 0.709. The van der Waals surface area contributed by atoms with Gasteiger partial charge in [0.1, 0.15) is 0 Å². The average molecular weight is 333 g/mol. The van der Waals surface area contributed by atoms with Crippen molar-refractivity contribution in [2.75, 3.05) is 18.5 Å². The van der Waals surface area contributed by atoms with Crippen LogP contribution in [-0.2, 0) is 20.9 Å². The van der Waals surface area contributed by atoms with Crippen LogP contribution >= 0.6 is 0 Å². The summed E-state index contributed by atoms with van der Waals surface area (Å²) in [5.74, 6) is 0.0816. The molecule has 1 aromatic rings.